The summed E-state index contributed by atoms with van der Waals surface area (Å²) >= 11 is 0. The van der Waals surface area contributed by atoms with E-state index in [1.165, 1.54) is 0 Å². The molecule has 1 amide bonds. The number of para-hydroxylation sites is 1. The first kappa shape index (κ1) is 26.4. The summed E-state index contributed by atoms with van der Waals surface area (Å²) in [5, 5.41) is 11.5. The predicted octanol–water partition coefficient (Wildman–Crippen LogP) is 3.11. The van der Waals surface area contributed by atoms with Crippen molar-refractivity contribution in [1.82, 2.24) is 34.5 Å². The second kappa shape index (κ2) is 11.2. The van der Waals surface area contributed by atoms with Crippen LogP contribution in [0.25, 0.3) is 22.2 Å². The van der Waals surface area contributed by atoms with Crippen molar-refractivity contribution < 1.29 is 9.53 Å². The Labute approximate surface area is 221 Å². The number of ether oxygens (including phenoxy) is 1. The minimum atomic E-state index is -0.205. The van der Waals surface area contributed by atoms with Crippen molar-refractivity contribution in [2.24, 2.45) is 7.05 Å². The summed E-state index contributed by atoms with van der Waals surface area (Å²) in [6, 6.07) is 7.52. The van der Waals surface area contributed by atoms with Crippen LogP contribution in [0.5, 0.6) is 5.88 Å². The maximum atomic E-state index is 13.1. The van der Waals surface area contributed by atoms with Crippen molar-refractivity contribution in [3.8, 4) is 17.1 Å². The van der Waals surface area contributed by atoms with Gasteiger partial charge in [0.15, 0.2) is 0 Å². The lowest BCUT2D eigenvalue weighted by Crippen LogP contribution is -2.51. The van der Waals surface area contributed by atoms with E-state index in [1.54, 1.807) is 24.2 Å². The number of amides is 1. The average Bonchev–Trinajstić information content (AvgIpc) is 3.47. The standard InChI is InChI=1S/C25H31N9O2.ClH/c1-16(34-12-10-32(2)11-13-34)23(35)28-20-7-5-6-17-18(14-27-22(17)20)19-8-9-26-25(29-19)30-21-15-33(3)31-24(21)36-4;/h5-9,14-16,27H,10-13H2,1-4H3,(H,28,35)(H,26,29,30);1H. The largest absolute Gasteiger partial charge is 0.478 e. The van der Waals surface area contributed by atoms with Crippen molar-refractivity contribution in [3.05, 3.63) is 42.9 Å². The summed E-state index contributed by atoms with van der Waals surface area (Å²) < 4.78 is 6.97. The van der Waals surface area contributed by atoms with Crippen LogP contribution in [-0.4, -0.2) is 86.8 Å². The molecular weight excluding hydrogens is 494 g/mol. The molecule has 0 bridgehead atoms. The molecule has 4 aromatic rings. The summed E-state index contributed by atoms with van der Waals surface area (Å²) in [5.41, 5.74) is 3.94. The van der Waals surface area contributed by atoms with Gasteiger partial charge in [-0.2, -0.15) is 0 Å². The number of piperazine rings is 1. The van der Waals surface area contributed by atoms with Crippen molar-refractivity contribution in [2.75, 3.05) is 51.0 Å². The van der Waals surface area contributed by atoms with Gasteiger partial charge >= 0.3 is 0 Å². The molecule has 0 spiro atoms. The summed E-state index contributed by atoms with van der Waals surface area (Å²) in [6.45, 7) is 5.68. The van der Waals surface area contributed by atoms with Gasteiger partial charge in [-0.15, -0.1) is 17.5 Å². The molecule has 0 saturated carbocycles. The highest BCUT2D eigenvalue weighted by Gasteiger charge is 2.25. The third-order valence-corrected chi connectivity index (χ3v) is 6.60. The summed E-state index contributed by atoms with van der Waals surface area (Å²) in [4.78, 5) is 29.9. The number of hydrogen-bond acceptors (Lipinski definition) is 8. The van der Waals surface area contributed by atoms with E-state index in [9.17, 15) is 4.79 Å². The van der Waals surface area contributed by atoms with Gasteiger partial charge in [0.25, 0.3) is 5.88 Å². The molecule has 3 N–H and O–H groups in total. The Morgan fingerprint density at radius 2 is 1.92 bits per heavy atom. The molecule has 1 saturated heterocycles. The Balaban J connectivity index is 0.00000320. The fourth-order valence-corrected chi connectivity index (χ4v) is 4.48. The first-order valence-corrected chi connectivity index (χ1v) is 11.9. The van der Waals surface area contributed by atoms with Crippen LogP contribution < -0.4 is 15.4 Å². The molecule has 0 aliphatic carbocycles. The monoisotopic (exact) mass is 525 g/mol. The van der Waals surface area contributed by atoms with Gasteiger partial charge in [-0.1, -0.05) is 12.1 Å². The molecule has 5 rings (SSSR count). The number of rotatable bonds is 7. The second-order valence-corrected chi connectivity index (χ2v) is 9.05. The van der Waals surface area contributed by atoms with Gasteiger partial charge in [-0.05, 0) is 26.1 Å². The van der Waals surface area contributed by atoms with E-state index >= 15 is 0 Å². The Morgan fingerprint density at radius 1 is 1.14 bits per heavy atom. The van der Waals surface area contributed by atoms with E-state index in [1.807, 2.05) is 44.4 Å². The van der Waals surface area contributed by atoms with Gasteiger partial charge < -0.3 is 25.3 Å². The molecule has 1 aliphatic heterocycles. The van der Waals surface area contributed by atoms with Crippen LogP contribution in [0.1, 0.15) is 6.92 Å². The van der Waals surface area contributed by atoms with Crippen LogP contribution in [0, 0.1) is 0 Å². The zero-order valence-electron chi connectivity index (χ0n) is 21.4. The van der Waals surface area contributed by atoms with Crippen LogP contribution in [0.3, 0.4) is 0 Å². The van der Waals surface area contributed by atoms with Crippen LogP contribution >= 0.6 is 12.4 Å². The Morgan fingerprint density at radius 3 is 2.68 bits per heavy atom. The number of nitrogens with one attached hydrogen (secondary N) is 3. The number of likely N-dealkylation sites (N-methyl/N-ethyl adjacent to an activating group) is 1. The van der Waals surface area contributed by atoms with Crippen molar-refractivity contribution in [2.45, 2.75) is 13.0 Å². The van der Waals surface area contributed by atoms with Crippen LogP contribution in [-0.2, 0) is 11.8 Å². The predicted molar refractivity (Wildman–Crippen MR) is 147 cm³/mol. The van der Waals surface area contributed by atoms with Gasteiger partial charge in [-0.25, -0.2) is 9.97 Å². The van der Waals surface area contributed by atoms with E-state index in [2.05, 4.69) is 42.5 Å². The summed E-state index contributed by atoms with van der Waals surface area (Å²) in [7, 11) is 5.50. The molecule has 37 heavy (non-hydrogen) atoms. The van der Waals surface area contributed by atoms with Crippen molar-refractivity contribution >= 4 is 46.5 Å². The number of carbonyl (C=O) groups is 1. The number of halogens is 1. The number of anilines is 3. The second-order valence-electron chi connectivity index (χ2n) is 9.05. The average molecular weight is 526 g/mol. The lowest BCUT2D eigenvalue weighted by molar-refractivity contribution is -0.121. The third kappa shape index (κ3) is 5.53. The van der Waals surface area contributed by atoms with E-state index < -0.39 is 0 Å². The van der Waals surface area contributed by atoms with Crippen LogP contribution in [0.2, 0.25) is 0 Å². The quantitative estimate of drug-likeness (QED) is 0.337. The molecule has 196 valence electrons. The number of aromatic nitrogens is 5. The summed E-state index contributed by atoms with van der Waals surface area (Å²) in [6.07, 6.45) is 5.41. The Kier molecular flexibility index (Phi) is 7.96. The van der Waals surface area contributed by atoms with Gasteiger partial charge in [0, 0.05) is 56.6 Å². The molecule has 4 heterocycles. The first-order chi connectivity index (χ1) is 17.4. The van der Waals surface area contributed by atoms with E-state index in [0.29, 0.717) is 17.5 Å². The zero-order valence-corrected chi connectivity index (χ0v) is 22.2. The number of nitrogens with zero attached hydrogens (tertiary/aromatic N) is 6. The normalized spacial score (nSPS) is 15.2. The Bertz CT molecular complexity index is 1380. The van der Waals surface area contributed by atoms with Crippen LogP contribution in [0.4, 0.5) is 17.3 Å². The van der Waals surface area contributed by atoms with Crippen molar-refractivity contribution in [3.63, 3.8) is 0 Å². The molecule has 0 radical (unpaired) electrons. The lowest BCUT2D eigenvalue weighted by Gasteiger charge is -2.35. The van der Waals surface area contributed by atoms with Gasteiger partial charge in [0.2, 0.25) is 11.9 Å². The number of H-pyrrole nitrogens is 1. The van der Waals surface area contributed by atoms with Gasteiger partial charge in [0.1, 0.15) is 5.69 Å². The Hall–Kier alpha value is -3.67. The van der Waals surface area contributed by atoms with Crippen LogP contribution in [0.15, 0.2) is 42.9 Å². The minimum Gasteiger partial charge on any atom is -0.478 e. The van der Waals surface area contributed by atoms with Gasteiger partial charge in [0.05, 0.1) is 36.2 Å². The SMILES string of the molecule is COc1nn(C)cc1Nc1nccc(-c2c[nH]c3c(NC(=O)C(C)N4CCN(C)CC4)cccc23)n1.Cl. The molecule has 1 aliphatic rings. The number of aromatic amines is 1. The maximum absolute atomic E-state index is 13.1. The fourth-order valence-electron chi connectivity index (χ4n) is 4.48. The minimum absolute atomic E-state index is 0. The number of hydrogen-bond donors (Lipinski definition) is 3. The van der Waals surface area contributed by atoms with E-state index in [4.69, 9.17) is 9.72 Å². The topological polar surface area (TPSA) is 116 Å². The zero-order chi connectivity index (χ0) is 25.2. The third-order valence-electron chi connectivity index (χ3n) is 6.60. The highest BCUT2D eigenvalue weighted by Crippen LogP contribution is 2.32. The summed E-state index contributed by atoms with van der Waals surface area (Å²) in [5.74, 6) is 0.880. The number of benzene rings is 1. The molecule has 3 aromatic heterocycles. The number of fused-ring (bicyclic) bond motifs is 1. The number of carbonyl (C=O) groups excluding carboxylic acids is 1. The number of methoxy groups -OCH3 is 1. The van der Waals surface area contributed by atoms with E-state index in [-0.39, 0.29) is 24.4 Å². The molecular formula is C25H32ClN9O2. The molecule has 1 atom stereocenters. The molecule has 11 nitrogen and oxygen atoms in total. The first-order valence-electron chi connectivity index (χ1n) is 11.9. The van der Waals surface area contributed by atoms with Gasteiger partial charge in [-0.3, -0.25) is 14.4 Å². The highest BCUT2D eigenvalue weighted by atomic mass is 35.5. The fraction of sp³-hybridized carbons (Fsp3) is 0.360. The lowest BCUT2D eigenvalue weighted by atomic mass is 10.1. The number of aryl methyl sites for hydroxylation is 1. The van der Waals surface area contributed by atoms with E-state index in [0.717, 1.165) is 54.0 Å². The molecule has 1 fully saturated rings. The smallest absolute Gasteiger partial charge is 0.256 e. The van der Waals surface area contributed by atoms with Crippen molar-refractivity contribution in [1.29, 1.82) is 0 Å². The maximum Gasteiger partial charge on any atom is 0.256 e. The molecule has 1 unspecified atom stereocenters. The molecule has 1 aromatic carbocycles. The molecule has 12 heteroatoms. The highest BCUT2D eigenvalue weighted by molar-refractivity contribution is 6.06.